The van der Waals surface area contributed by atoms with Gasteiger partial charge < -0.3 is 4.74 Å². The second-order valence-electron chi connectivity index (χ2n) is 6.70. The second kappa shape index (κ2) is 7.71. The number of aromatic nitrogens is 4. The first kappa shape index (κ1) is 20.3. The van der Waals surface area contributed by atoms with Crippen LogP contribution in [0, 0.1) is 0 Å². The third kappa shape index (κ3) is 3.91. The molecule has 31 heavy (non-hydrogen) atoms. The van der Waals surface area contributed by atoms with Crippen LogP contribution in [0.25, 0.3) is 11.0 Å². The van der Waals surface area contributed by atoms with E-state index in [4.69, 9.17) is 4.74 Å². The molecule has 0 aliphatic carbocycles. The summed E-state index contributed by atoms with van der Waals surface area (Å²) < 4.78 is 46.6. The average molecular weight is 428 g/mol. The Morgan fingerprint density at radius 2 is 1.81 bits per heavy atom. The van der Waals surface area contributed by atoms with E-state index in [1.54, 1.807) is 42.6 Å². The molecule has 0 amide bonds. The number of fused-ring (bicyclic) bond motifs is 1. The molecular weight excluding hydrogens is 413 g/mol. The summed E-state index contributed by atoms with van der Waals surface area (Å²) in [4.78, 5) is 33.2. The Kier molecular flexibility index (Phi) is 5.05. The number of hydrogen-bond donors (Lipinski definition) is 0. The summed E-state index contributed by atoms with van der Waals surface area (Å²) in [7, 11) is 1.27. The van der Waals surface area contributed by atoms with Crippen LogP contribution >= 0.6 is 0 Å². The summed E-state index contributed by atoms with van der Waals surface area (Å²) in [5, 5.41) is -0.0965. The third-order valence-electron chi connectivity index (χ3n) is 4.64. The summed E-state index contributed by atoms with van der Waals surface area (Å²) in [6, 6.07) is 12.0. The maximum Gasteiger partial charge on any atom is 0.433 e. The predicted octanol–water partition coefficient (Wildman–Crippen LogP) is 3.35. The molecule has 4 aromatic rings. The molecule has 3 aromatic heterocycles. The van der Waals surface area contributed by atoms with E-state index in [1.165, 1.54) is 13.2 Å². The first-order valence-corrected chi connectivity index (χ1v) is 9.09. The Labute approximate surface area is 173 Å². The minimum Gasteiger partial charge on any atom is -0.455 e. The molecule has 0 bridgehead atoms. The molecular formula is C21H15F3N4O3. The van der Waals surface area contributed by atoms with Crippen molar-refractivity contribution in [3.8, 4) is 11.5 Å². The molecule has 0 aliphatic rings. The maximum absolute atomic E-state index is 13.0. The average Bonchev–Trinajstić information content (AvgIpc) is 2.76. The van der Waals surface area contributed by atoms with Crippen LogP contribution in [0.4, 0.5) is 13.2 Å². The van der Waals surface area contributed by atoms with Gasteiger partial charge in [0.05, 0.1) is 18.1 Å². The van der Waals surface area contributed by atoms with E-state index in [0.29, 0.717) is 17.1 Å². The highest BCUT2D eigenvalue weighted by atomic mass is 19.4. The quantitative estimate of drug-likeness (QED) is 0.498. The van der Waals surface area contributed by atoms with Crippen LogP contribution in [0.1, 0.15) is 11.3 Å². The van der Waals surface area contributed by atoms with E-state index >= 15 is 0 Å². The molecule has 0 N–H and O–H groups in total. The lowest BCUT2D eigenvalue weighted by Gasteiger charge is -2.14. The first-order chi connectivity index (χ1) is 14.8. The van der Waals surface area contributed by atoms with Crippen LogP contribution in [0.5, 0.6) is 11.5 Å². The number of pyridine rings is 2. The largest absolute Gasteiger partial charge is 0.455 e. The molecule has 1 aromatic carbocycles. The van der Waals surface area contributed by atoms with E-state index in [1.807, 2.05) is 0 Å². The van der Waals surface area contributed by atoms with Gasteiger partial charge in [-0.25, -0.2) is 9.78 Å². The van der Waals surface area contributed by atoms with Gasteiger partial charge >= 0.3 is 11.9 Å². The van der Waals surface area contributed by atoms with Crippen LogP contribution in [-0.4, -0.2) is 19.1 Å². The Bertz CT molecular complexity index is 1380. The van der Waals surface area contributed by atoms with Gasteiger partial charge in [0, 0.05) is 18.8 Å². The van der Waals surface area contributed by atoms with Crippen LogP contribution in [0.15, 0.2) is 70.5 Å². The molecule has 0 spiro atoms. The fourth-order valence-electron chi connectivity index (χ4n) is 3.11. The predicted molar refractivity (Wildman–Crippen MR) is 106 cm³/mol. The standard InChI is InChI=1S/C21H15F3N4O3/c1-27-18-15(8-9-17(26-18)21(22,23)24)19(29)28(20(27)30)12-13-5-2-3-7-16(13)31-14-6-4-10-25-11-14/h2-11H,12H2,1H3. The van der Waals surface area contributed by atoms with E-state index in [-0.39, 0.29) is 17.6 Å². The van der Waals surface area contributed by atoms with Crippen molar-refractivity contribution in [3.05, 3.63) is 93.0 Å². The SMILES string of the molecule is Cn1c(=O)n(Cc2ccccc2Oc2cccnc2)c(=O)c2ccc(C(F)(F)F)nc21. The Morgan fingerprint density at radius 3 is 2.52 bits per heavy atom. The summed E-state index contributed by atoms with van der Waals surface area (Å²) in [5.74, 6) is 0.882. The van der Waals surface area contributed by atoms with Gasteiger partial charge in [-0.1, -0.05) is 18.2 Å². The maximum atomic E-state index is 13.0. The van der Waals surface area contributed by atoms with Crippen molar-refractivity contribution in [3.63, 3.8) is 0 Å². The monoisotopic (exact) mass is 428 g/mol. The summed E-state index contributed by atoms with van der Waals surface area (Å²) in [6.45, 7) is -0.140. The van der Waals surface area contributed by atoms with Crippen LogP contribution in [0.2, 0.25) is 0 Å². The zero-order chi connectivity index (χ0) is 22.2. The lowest BCUT2D eigenvalue weighted by atomic mass is 10.2. The van der Waals surface area contributed by atoms with Gasteiger partial charge in [-0.3, -0.25) is 18.9 Å². The van der Waals surface area contributed by atoms with Crippen molar-refractivity contribution in [2.24, 2.45) is 7.05 Å². The highest BCUT2D eigenvalue weighted by Gasteiger charge is 2.33. The first-order valence-electron chi connectivity index (χ1n) is 9.09. The molecule has 0 unspecified atom stereocenters. The van der Waals surface area contributed by atoms with Crippen molar-refractivity contribution < 1.29 is 17.9 Å². The van der Waals surface area contributed by atoms with Gasteiger partial charge in [-0.15, -0.1) is 0 Å². The van der Waals surface area contributed by atoms with Crippen molar-refractivity contribution in [1.29, 1.82) is 0 Å². The minimum absolute atomic E-state index is 0.0965. The molecule has 3 heterocycles. The zero-order valence-electron chi connectivity index (χ0n) is 16.1. The van der Waals surface area contributed by atoms with Crippen LogP contribution in [0.3, 0.4) is 0 Å². The Balaban J connectivity index is 1.80. The second-order valence-corrected chi connectivity index (χ2v) is 6.70. The van der Waals surface area contributed by atoms with Crippen molar-refractivity contribution in [1.82, 2.24) is 19.1 Å². The van der Waals surface area contributed by atoms with Crippen LogP contribution < -0.4 is 16.0 Å². The van der Waals surface area contributed by atoms with Crippen molar-refractivity contribution in [2.45, 2.75) is 12.7 Å². The molecule has 0 aliphatic heterocycles. The topological polar surface area (TPSA) is 79.0 Å². The lowest BCUT2D eigenvalue weighted by molar-refractivity contribution is -0.141. The van der Waals surface area contributed by atoms with Gasteiger partial charge in [0.25, 0.3) is 5.56 Å². The van der Waals surface area contributed by atoms with Crippen molar-refractivity contribution >= 4 is 11.0 Å². The van der Waals surface area contributed by atoms with Gasteiger partial charge in [0.2, 0.25) is 0 Å². The Hall–Kier alpha value is -3.95. The zero-order valence-corrected chi connectivity index (χ0v) is 16.1. The number of ether oxygens (including phenoxy) is 1. The molecule has 0 fully saturated rings. The van der Waals surface area contributed by atoms with Gasteiger partial charge in [-0.2, -0.15) is 13.2 Å². The van der Waals surface area contributed by atoms with Gasteiger partial charge in [0.15, 0.2) is 0 Å². The molecule has 4 rings (SSSR count). The number of hydrogen-bond acceptors (Lipinski definition) is 5. The van der Waals surface area contributed by atoms with Gasteiger partial charge in [0.1, 0.15) is 22.8 Å². The number of alkyl halides is 3. The summed E-state index contributed by atoms with van der Waals surface area (Å²) >= 11 is 0. The summed E-state index contributed by atoms with van der Waals surface area (Å²) in [5.41, 5.74) is -2.51. The number of benzene rings is 1. The number of aryl methyl sites for hydroxylation is 1. The molecule has 0 atom stereocenters. The van der Waals surface area contributed by atoms with Crippen LogP contribution in [-0.2, 0) is 19.8 Å². The van der Waals surface area contributed by atoms with Crippen molar-refractivity contribution in [2.75, 3.05) is 0 Å². The van der Waals surface area contributed by atoms with E-state index in [0.717, 1.165) is 21.3 Å². The molecule has 7 nitrogen and oxygen atoms in total. The summed E-state index contributed by atoms with van der Waals surface area (Å²) in [6.07, 6.45) is -1.58. The number of halogens is 3. The molecule has 158 valence electrons. The minimum atomic E-state index is -4.69. The molecule has 0 radical (unpaired) electrons. The third-order valence-corrected chi connectivity index (χ3v) is 4.64. The lowest BCUT2D eigenvalue weighted by Crippen LogP contribution is -2.39. The fraction of sp³-hybridized carbons (Fsp3) is 0.143. The molecule has 0 saturated heterocycles. The molecule has 0 saturated carbocycles. The van der Waals surface area contributed by atoms with Gasteiger partial charge in [-0.05, 0) is 30.3 Å². The smallest absolute Gasteiger partial charge is 0.433 e. The van der Waals surface area contributed by atoms with E-state index < -0.39 is 23.1 Å². The normalized spacial score (nSPS) is 11.6. The molecule has 10 heteroatoms. The number of rotatable bonds is 4. The number of nitrogens with zero attached hydrogens (tertiary/aromatic N) is 4. The fourth-order valence-corrected chi connectivity index (χ4v) is 3.11. The van der Waals surface area contributed by atoms with E-state index in [9.17, 15) is 22.8 Å². The highest BCUT2D eigenvalue weighted by molar-refractivity contribution is 5.74. The Morgan fingerprint density at radius 1 is 1.03 bits per heavy atom. The highest BCUT2D eigenvalue weighted by Crippen LogP contribution is 2.28. The number of para-hydroxylation sites is 1. The van der Waals surface area contributed by atoms with E-state index in [2.05, 4.69) is 9.97 Å².